The Kier molecular flexibility index (Phi) is 2.91. The van der Waals surface area contributed by atoms with E-state index in [2.05, 4.69) is 0 Å². The molecule has 16 heavy (non-hydrogen) atoms. The first kappa shape index (κ1) is 11.8. The van der Waals surface area contributed by atoms with E-state index in [1.54, 1.807) is 13.0 Å². The summed E-state index contributed by atoms with van der Waals surface area (Å²) in [5, 5.41) is 9.53. The molecule has 1 saturated heterocycles. The smallest absolute Gasteiger partial charge is 0.255 e. The number of hydrogen-bond acceptors (Lipinski definition) is 2. The van der Waals surface area contributed by atoms with E-state index in [4.69, 9.17) is 0 Å². The summed E-state index contributed by atoms with van der Waals surface area (Å²) in [6.45, 7) is 2.28. The number of halogens is 2. The second-order valence-corrected chi connectivity index (χ2v) is 5.44. The maximum atomic E-state index is 13.0. The van der Waals surface area contributed by atoms with Crippen LogP contribution in [0, 0.1) is 9.39 Å². The average Bonchev–Trinajstić information content (AvgIpc) is 2.17. The molecule has 1 fully saturated rings. The minimum atomic E-state index is -0.797. The molecule has 0 aliphatic carbocycles. The van der Waals surface area contributed by atoms with Gasteiger partial charge in [-0.15, -0.1) is 0 Å². The molecular weight excluding hydrogens is 324 g/mol. The summed E-state index contributed by atoms with van der Waals surface area (Å²) in [7, 11) is 0. The fourth-order valence-corrected chi connectivity index (χ4v) is 2.32. The molecule has 1 amide bonds. The van der Waals surface area contributed by atoms with Crippen LogP contribution >= 0.6 is 22.6 Å². The van der Waals surface area contributed by atoms with Gasteiger partial charge in [0.2, 0.25) is 0 Å². The van der Waals surface area contributed by atoms with Gasteiger partial charge < -0.3 is 10.0 Å². The maximum absolute atomic E-state index is 13.0. The highest BCUT2D eigenvalue weighted by molar-refractivity contribution is 14.1. The maximum Gasteiger partial charge on any atom is 0.255 e. The lowest BCUT2D eigenvalue weighted by Crippen LogP contribution is -2.61. The second-order valence-electron chi connectivity index (χ2n) is 4.28. The van der Waals surface area contributed by atoms with Crippen LogP contribution in [0.5, 0.6) is 0 Å². The Hall–Kier alpha value is -0.690. The Morgan fingerprint density at radius 3 is 2.75 bits per heavy atom. The number of hydrogen-bond donors (Lipinski definition) is 1. The third-order valence-electron chi connectivity index (χ3n) is 2.51. The van der Waals surface area contributed by atoms with Crippen molar-refractivity contribution in [2.24, 2.45) is 0 Å². The first-order valence-electron chi connectivity index (χ1n) is 4.86. The molecule has 3 nitrogen and oxygen atoms in total. The molecule has 86 valence electrons. The van der Waals surface area contributed by atoms with Crippen LogP contribution in [0.4, 0.5) is 4.39 Å². The van der Waals surface area contributed by atoms with E-state index >= 15 is 0 Å². The van der Waals surface area contributed by atoms with Crippen molar-refractivity contribution in [1.29, 1.82) is 0 Å². The number of rotatable bonds is 1. The van der Waals surface area contributed by atoms with E-state index in [9.17, 15) is 14.3 Å². The highest BCUT2D eigenvalue weighted by atomic mass is 127. The SMILES string of the molecule is CC1(O)CN(C(=O)c2cc(F)ccc2I)C1. The number of β-amino-alcohol motifs (C(OH)–C–C–N with tert-alkyl or cyclic N) is 1. The fourth-order valence-electron chi connectivity index (χ4n) is 1.75. The van der Waals surface area contributed by atoms with Gasteiger partial charge in [0.1, 0.15) is 5.82 Å². The molecular formula is C11H11FINO2. The van der Waals surface area contributed by atoms with Crippen LogP contribution in [0.3, 0.4) is 0 Å². The van der Waals surface area contributed by atoms with Gasteiger partial charge in [0.05, 0.1) is 24.3 Å². The number of aliphatic hydroxyl groups is 1. The van der Waals surface area contributed by atoms with Gasteiger partial charge in [0, 0.05) is 3.57 Å². The number of carbonyl (C=O) groups excluding carboxylic acids is 1. The van der Waals surface area contributed by atoms with Gasteiger partial charge in [-0.25, -0.2) is 4.39 Å². The van der Waals surface area contributed by atoms with Gasteiger partial charge >= 0.3 is 0 Å². The van der Waals surface area contributed by atoms with Gasteiger partial charge in [-0.3, -0.25) is 4.79 Å². The Bertz CT molecular complexity index is 440. The summed E-state index contributed by atoms with van der Waals surface area (Å²) in [4.78, 5) is 13.4. The first-order chi connectivity index (χ1) is 7.39. The number of likely N-dealkylation sites (tertiary alicyclic amines) is 1. The largest absolute Gasteiger partial charge is 0.386 e. The Morgan fingerprint density at radius 1 is 1.56 bits per heavy atom. The third-order valence-corrected chi connectivity index (χ3v) is 3.45. The first-order valence-corrected chi connectivity index (χ1v) is 5.94. The van der Waals surface area contributed by atoms with Crippen molar-refractivity contribution in [3.63, 3.8) is 0 Å². The lowest BCUT2D eigenvalue weighted by Gasteiger charge is -2.44. The lowest BCUT2D eigenvalue weighted by atomic mass is 9.96. The van der Waals surface area contributed by atoms with Crippen LogP contribution in [0.2, 0.25) is 0 Å². The molecule has 1 heterocycles. The highest BCUT2D eigenvalue weighted by Gasteiger charge is 2.40. The van der Waals surface area contributed by atoms with Crippen molar-refractivity contribution in [2.75, 3.05) is 13.1 Å². The lowest BCUT2D eigenvalue weighted by molar-refractivity contribution is -0.0669. The Morgan fingerprint density at radius 2 is 2.19 bits per heavy atom. The predicted octanol–water partition coefficient (Wildman–Crippen LogP) is 1.64. The van der Waals surface area contributed by atoms with Crippen LogP contribution in [0.1, 0.15) is 17.3 Å². The fraction of sp³-hybridized carbons (Fsp3) is 0.364. The van der Waals surface area contributed by atoms with Crippen LogP contribution in [0.25, 0.3) is 0 Å². The van der Waals surface area contributed by atoms with E-state index in [0.717, 1.165) is 3.57 Å². The van der Waals surface area contributed by atoms with E-state index in [1.807, 2.05) is 22.6 Å². The van der Waals surface area contributed by atoms with Crippen LogP contribution < -0.4 is 0 Å². The topological polar surface area (TPSA) is 40.5 Å². The summed E-state index contributed by atoms with van der Waals surface area (Å²) in [6, 6.07) is 4.13. The van der Waals surface area contributed by atoms with Crippen LogP contribution in [0.15, 0.2) is 18.2 Å². The highest BCUT2D eigenvalue weighted by Crippen LogP contribution is 2.24. The van der Waals surface area contributed by atoms with E-state index in [-0.39, 0.29) is 5.91 Å². The summed E-state index contributed by atoms with van der Waals surface area (Å²) < 4.78 is 13.7. The average molecular weight is 335 g/mol. The minimum absolute atomic E-state index is 0.226. The number of amides is 1. The molecule has 1 aromatic rings. The zero-order chi connectivity index (χ0) is 11.9. The number of carbonyl (C=O) groups is 1. The zero-order valence-corrected chi connectivity index (χ0v) is 10.9. The van der Waals surface area contributed by atoms with E-state index < -0.39 is 11.4 Å². The summed E-state index contributed by atoms with van der Waals surface area (Å²) >= 11 is 2.00. The molecule has 0 aromatic heterocycles. The molecule has 0 bridgehead atoms. The summed E-state index contributed by atoms with van der Waals surface area (Å²) in [5.74, 6) is -0.647. The molecule has 0 spiro atoms. The van der Waals surface area contributed by atoms with Crippen molar-refractivity contribution in [1.82, 2.24) is 4.90 Å². The van der Waals surface area contributed by atoms with Crippen molar-refractivity contribution < 1.29 is 14.3 Å². The molecule has 0 radical (unpaired) electrons. The van der Waals surface area contributed by atoms with Gasteiger partial charge in [-0.05, 0) is 47.7 Å². The van der Waals surface area contributed by atoms with Crippen molar-refractivity contribution in [3.05, 3.63) is 33.1 Å². The molecule has 1 aliphatic heterocycles. The molecule has 1 aliphatic rings. The van der Waals surface area contributed by atoms with Gasteiger partial charge in [-0.1, -0.05) is 0 Å². The van der Waals surface area contributed by atoms with Gasteiger partial charge in [0.15, 0.2) is 0 Å². The number of nitrogens with zero attached hydrogens (tertiary/aromatic N) is 1. The van der Waals surface area contributed by atoms with E-state index in [0.29, 0.717) is 18.7 Å². The normalized spacial score (nSPS) is 18.1. The predicted molar refractivity (Wildman–Crippen MR) is 65.6 cm³/mol. The summed E-state index contributed by atoms with van der Waals surface area (Å²) in [6.07, 6.45) is 0. The van der Waals surface area contributed by atoms with E-state index in [1.165, 1.54) is 17.0 Å². The molecule has 5 heteroatoms. The zero-order valence-electron chi connectivity index (χ0n) is 8.70. The van der Waals surface area contributed by atoms with Crippen molar-refractivity contribution in [2.45, 2.75) is 12.5 Å². The second kappa shape index (κ2) is 3.96. The van der Waals surface area contributed by atoms with Crippen molar-refractivity contribution >= 4 is 28.5 Å². The standard InChI is InChI=1S/C11H11FINO2/c1-11(16)5-14(6-11)10(15)8-4-7(12)2-3-9(8)13/h2-4,16H,5-6H2,1H3. The molecule has 1 N–H and O–H groups in total. The minimum Gasteiger partial charge on any atom is -0.386 e. The summed E-state index contributed by atoms with van der Waals surface area (Å²) in [5.41, 5.74) is -0.440. The molecule has 2 rings (SSSR count). The monoisotopic (exact) mass is 335 g/mol. The quantitative estimate of drug-likeness (QED) is 0.793. The van der Waals surface area contributed by atoms with Gasteiger partial charge in [0.25, 0.3) is 5.91 Å². The Labute approximate surface area is 106 Å². The molecule has 1 aromatic carbocycles. The van der Waals surface area contributed by atoms with Crippen LogP contribution in [-0.4, -0.2) is 34.6 Å². The number of benzene rings is 1. The molecule has 0 unspecified atom stereocenters. The molecule has 0 atom stereocenters. The Balaban J connectivity index is 2.19. The van der Waals surface area contributed by atoms with Crippen LogP contribution in [-0.2, 0) is 0 Å². The molecule has 0 saturated carbocycles. The third kappa shape index (κ3) is 2.20. The van der Waals surface area contributed by atoms with Crippen molar-refractivity contribution in [3.8, 4) is 0 Å². The van der Waals surface area contributed by atoms with Gasteiger partial charge in [-0.2, -0.15) is 0 Å².